The van der Waals surface area contributed by atoms with Gasteiger partial charge in [-0.25, -0.2) is 0 Å². The molecule has 0 saturated carbocycles. The van der Waals surface area contributed by atoms with Crippen molar-refractivity contribution in [3.05, 3.63) is 35.4 Å². The number of rotatable bonds is 4. The molecule has 0 radical (unpaired) electrons. The summed E-state index contributed by atoms with van der Waals surface area (Å²) >= 11 is 0. The van der Waals surface area contributed by atoms with Crippen LogP contribution in [0.25, 0.3) is 6.08 Å². The molecule has 0 aliphatic carbocycles. The average molecular weight is 385 g/mol. The first-order chi connectivity index (χ1) is 13.5. The molecule has 0 spiro atoms. The number of ether oxygens (including phenoxy) is 1. The molecule has 2 fully saturated rings. The van der Waals surface area contributed by atoms with E-state index in [-0.39, 0.29) is 11.8 Å². The Morgan fingerprint density at radius 2 is 1.86 bits per heavy atom. The minimum absolute atomic E-state index is 0.000975. The number of piperidine rings is 2. The molecule has 1 aromatic rings. The third-order valence-electron chi connectivity index (χ3n) is 5.92. The summed E-state index contributed by atoms with van der Waals surface area (Å²) in [4.78, 5) is 29.3. The lowest BCUT2D eigenvalue weighted by molar-refractivity contribution is -0.140. The van der Waals surface area contributed by atoms with E-state index in [1.807, 2.05) is 41.0 Å². The number of nitrogens with zero attached hydrogens (tertiary/aromatic N) is 2. The fraction of sp³-hybridized carbons (Fsp3) is 0.565. The number of methoxy groups -OCH3 is 1. The first-order valence-electron chi connectivity index (χ1n) is 10.4. The van der Waals surface area contributed by atoms with E-state index in [1.165, 1.54) is 6.42 Å². The lowest BCUT2D eigenvalue weighted by Crippen LogP contribution is -2.46. The molecule has 5 nitrogen and oxygen atoms in total. The van der Waals surface area contributed by atoms with Gasteiger partial charge < -0.3 is 14.5 Å². The van der Waals surface area contributed by atoms with Crippen molar-refractivity contribution in [3.8, 4) is 5.75 Å². The van der Waals surface area contributed by atoms with Crippen molar-refractivity contribution >= 4 is 17.9 Å². The van der Waals surface area contributed by atoms with Gasteiger partial charge in [0.1, 0.15) is 5.75 Å². The smallest absolute Gasteiger partial charge is 0.246 e. The number of amides is 2. The van der Waals surface area contributed by atoms with Crippen LogP contribution in [0.3, 0.4) is 0 Å². The Morgan fingerprint density at radius 3 is 2.54 bits per heavy atom. The summed E-state index contributed by atoms with van der Waals surface area (Å²) in [6.45, 7) is 7.31. The van der Waals surface area contributed by atoms with Gasteiger partial charge in [0.25, 0.3) is 0 Å². The number of aryl methyl sites for hydroxylation is 1. The van der Waals surface area contributed by atoms with E-state index in [2.05, 4.69) is 6.92 Å². The largest absolute Gasteiger partial charge is 0.496 e. The molecule has 1 unspecified atom stereocenters. The molecule has 2 aliphatic rings. The molecular weight excluding hydrogens is 352 g/mol. The molecule has 1 atom stereocenters. The molecule has 2 aliphatic heterocycles. The van der Waals surface area contributed by atoms with Gasteiger partial charge in [-0.05, 0) is 56.7 Å². The van der Waals surface area contributed by atoms with E-state index >= 15 is 0 Å². The Morgan fingerprint density at radius 1 is 1.11 bits per heavy atom. The molecule has 2 heterocycles. The van der Waals surface area contributed by atoms with Gasteiger partial charge in [0.2, 0.25) is 11.8 Å². The predicted molar refractivity (Wildman–Crippen MR) is 111 cm³/mol. The monoisotopic (exact) mass is 384 g/mol. The highest BCUT2D eigenvalue weighted by Crippen LogP contribution is 2.24. The standard InChI is InChI=1S/C23H32N2O3/c1-17-6-8-21(28-3)20(15-17)7-9-22(26)24-13-10-19(11-14-24)23(27)25-12-4-5-18(2)16-25/h6-9,15,18-19H,4-5,10-14,16H2,1-3H3/b9-7+. The van der Waals surface area contributed by atoms with Gasteiger partial charge in [0, 0.05) is 43.7 Å². The molecule has 28 heavy (non-hydrogen) atoms. The van der Waals surface area contributed by atoms with Crippen molar-refractivity contribution in [3.63, 3.8) is 0 Å². The Hall–Kier alpha value is -2.30. The van der Waals surface area contributed by atoms with E-state index in [0.717, 1.165) is 49.2 Å². The van der Waals surface area contributed by atoms with Gasteiger partial charge in [0.05, 0.1) is 7.11 Å². The normalized spacial score (nSPS) is 21.2. The molecule has 5 heteroatoms. The fourth-order valence-electron chi connectivity index (χ4n) is 4.25. The Bertz CT molecular complexity index is 735. The maximum Gasteiger partial charge on any atom is 0.246 e. The number of carbonyl (C=O) groups is 2. The summed E-state index contributed by atoms with van der Waals surface area (Å²) in [5.74, 6) is 1.72. The lowest BCUT2D eigenvalue weighted by Gasteiger charge is -2.37. The van der Waals surface area contributed by atoms with Crippen molar-refractivity contribution < 1.29 is 14.3 Å². The maximum atomic E-state index is 12.8. The van der Waals surface area contributed by atoms with Crippen molar-refractivity contribution in [2.45, 2.75) is 39.5 Å². The SMILES string of the molecule is COc1ccc(C)cc1/C=C/C(=O)N1CCC(C(=O)N2CCCC(C)C2)CC1. The number of hydrogen-bond acceptors (Lipinski definition) is 3. The maximum absolute atomic E-state index is 12.8. The summed E-state index contributed by atoms with van der Waals surface area (Å²) in [5.41, 5.74) is 2.03. The summed E-state index contributed by atoms with van der Waals surface area (Å²) in [6, 6.07) is 5.91. The fourth-order valence-corrected chi connectivity index (χ4v) is 4.25. The van der Waals surface area contributed by atoms with E-state index < -0.39 is 0 Å². The minimum atomic E-state index is 0.000975. The topological polar surface area (TPSA) is 49.9 Å². The Labute approximate surface area is 168 Å². The van der Waals surface area contributed by atoms with Crippen LogP contribution in [0.1, 0.15) is 43.7 Å². The number of hydrogen-bond donors (Lipinski definition) is 0. The van der Waals surface area contributed by atoms with Crippen LogP contribution in [0, 0.1) is 18.8 Å². The second kappa shape index (κ2) is 9.26. The van der Waals surface area contributed by atoms with E-state index in [1.54, 1.807) is 13.2 Å². The first kappa shape index (κ1) is 20.4. The number of benzene rings is 1. The lowest BCUT2D eigenvalue weighted by atomic mass is 9.92. The summed E-state index contributed by atoms with van der Waals surface area (Å²) in [7, 11) is 1.63. The molecule has 1 aromatic carbocycles. The van der Waals surface area contributed by atoms with Crippen LogP contribution < -0.4 is 4.74 Å². The van der Waals surface area contributed by atoms with E-state index in [9.17, 15) is 9.59 Å². The third-order valence-corrected chi connectivity index (χ3v) is 5.92. The van der Waals surface area contributed by atoms with Crippen molar-refractivity contribution in [2.24, 2.45) is 11.8 Å². The molecule has 2 amide bonds. The average Bonchev–Trinajstić information content (AvgIpc) is 2.71. The highest BCUT2D eigenvalue weighted by Gasteiger charge is 2.31. The zero-order valence-electron chi connectivity index (χ0n) is 17.3. The van der Waals surface area contributed by atoms with Crippen molar-refractivity contribution in [1.29, 1.82) is 0 Å². The van der Waals surface area contributed by atoms with Gasteiger partial charge >= 0.3 is 0 Å². The Kier molecular flexibility index (Phi) is 6.76. The van der Waals surface area contributed by atoms with Crippen LogP contribution in [0.2, 0.25) is 0 Å². The second-order valence-corrected chi connectivity index (χ2v) is 8.21. The van der Waals surface area contributed by atoms with E-state index in [0.29, 0.717) is 24.9 Å². The predicted octanol–water partition coefficient (Wildman–Crippen LogP) is 3.51. The van der Waals surface area contributed by atoms with Crippen LogP contribution in [0.15, 0.2) is 24.3 Å². The van der Waals surface area contributed by atoms with Gasteiger partial charge in [-0.2, -0.15) is 0 Å². The van der Waals surface area contributed by atoms with Crippen LogP contribution in [0.5, 0.6) is 5.75 Å². The van der Waals surface area contributed by atoms with Gasteiger partial charge in [-0.15, -0.1) is 0 Å². The highest BCUT2D eigenvalue weighted by atomic mass is 16.5. The third kappa shape index (κ3) is 4.94. The first-order valence-corrected chi connectivity index (χ1v) is 10.4. The van der Waals surface area contributed by atoms with Crippen LogP contribution in [0.4, 0.5) is 0 Å². The molecule has 0 bridgehead atoms. The summed E-state index contributed by atoms with van der Waals surface area (Å²) < 4.78 is 5.37. The molecule has 152 valence electrons. The minimum Gasteiger partial charge on any atom is -0.496 e. The quantitative estimate of drug-likeness (QED) is 0.747. The molecule has 2 saturated heterocycles. The number of carbonyl (C=O) groups excluding carboxylic acids is 2. The van der Waals surface area contributed by atoms with Crippen LogP contribution >= 0.6 is 0 Å². The van der Waals surface area contributed by atoms with Gasteiger partial charge in [-0.1, -0.05) is 18.6 Å². The summed E-state index contributed by atoms with van der Waals surface area (Å²) in [6.07, 6.45) is 7.28. The van der Waals surface area contributed by atoms with Gasteiger partial charge in [0.15, 0.2) is 0 Å². The van der Waals surface area contributed by atoms with Gasteiger partial charge in [-0.3, -0.25) is 9.59 Å². The van der Waals surface area contributed by atoms with Crippen LogP contribution in [-0.4, -0.2) is 54.9 Å². The molecular formula is C23H32N2O3. The molecule has 0 aromatic heterocycles. The highest BCUT2D eigenvalue weighted by molar-refractivity contribution is 5.92. The zero-order chi connectivity index (χ0) is 20.1. The Balaban J connectivity index is 1.54. The number of likely N-dealkylation sites (tertiary alicyclic amines) is 2. The van der Waals surface area contributed by atoms with Crippen LogP contribution in [-0.2, 0) is 9.59 Å². The molecule has 3 rings (SSSR count). The summed E-state index contributed by atoms with van der Waals surface area (Å²) in [5, 5.41) is 0. The van der Waals surface area contributed by atoms with E-state index in [4.69, 9.17) is 4.74 Å². The van der Waals surface area contributed by atoms with Crippen molar-refractivity contribution in [1.82, 2.24) is 9.80 Å². The van der Waals surface area contributed by atoms with Crippen molar-refractivity contribution in [2.75, 3.05) is 33.3 Å². The zero-order valence-corrected chi connectivity index (χ0v) is 17.3. The molecule has 0 N–H and O–H groups in total. The second-order valence-electron chi connectivity index (χ2n) is 8.21.